The zero-order chi connectivity index (χ0) is 14.5. The van der Waals surface area contributed by atoms with Crippen LogP contribution in [-0.2, 0) is 0 Å². The Morgan fingerprint density at radius 1 is 1.10 bits per heavy atom. The van der Waals surface area contributed by atoms with Crippen molar-refractivity contribution in [2.75, 3.05) is 19.7 Å². The molecule has 1 saturated heterocycles. The Balaban J connectivity index is 1.67. The second kappa shape index (κ2) is 7.10. The van der Waals surface area contributed by atoms with Crippen molar-refractivity contribution in [2.45, 2.75) is 12.8 Å². The van der Waals surface area contributed by atoms with E-state index >= 15 is 0 Å². The van der Waals surface area contributed by atoms with E-state index in [-0.39, 0.29) is 0 Å². The predicted octanol–water partition coefficient (Wildman–Crippen LogP) is 4.49. The predicted molar refractivity (Wildman–Crippen MR) is 90.7 cm³/mol. The lowest BCUT2D eigenvalue weighted by molar-refractivity contribution is 0.217. The van der Waals surface area contributed by atoms with Gasteiger partial charge in [0.1, 0.15) is 5.75 Å². The topological polar surface area (TPSA) is 21.3 Å². The Bertz CT molecular complexity index is 579. The molecule has 1 heterocycles. The van der Waals surface area contributed by atoms with Crippen LogP contribution in [0.4, 0.5) is 0 Å². The Morgan fingerprint density at radius 3 is 2.67 bits per heavy atom. The molecular weight excluding hydrogens is 326 g/mol. The molecule has 0 bridgehead atoms. The average molecular weight is 346 g/mol. The molecule has 0 radical (unpaired) electrons. The number of nitrogens with one attached hydrogen (secondary N) is 1. The summed E-state index contributed by atoms with van der Waals surface area (Å²) < 4.78 is 7.00. The molecule has 0 unspecified atom stereocenters. The maximum absolute atomic E-state index is 5.98. The third-order valence-electron chi connectivity index (χ3n) is 3.91. The quantitative estimate of drug-likeness (QED) is 0.880. The highest BCUT2D eigenvalue weighted by Gasteiger charge is 2.14. The first-order valence-corrected chi connectivity index (χ1v) is 8.31. The molecule has 1 aliphatic rings. The van der Waals surface area contributed by atoms with Gasteiger partial charge in [0.2, 0.25) is 0 Å². The summed E-state index contributed by atoms with van der Waals surface area (Å²) >= 11 is 3.63. The van der Waals surface area contributed by atoms with Crippen LogP contribution in [0.15, 0.2) is 53.0 Å². The number of rotatable bonds is 4. The van der Waals surface area contributed by atoms with Gasteiger partial charge in [0.25, 0.3) is 0 Å². The summed E-state index contributed by atoms with van der Waals surface area (Å²) in [5, 5.41) is 3.42. The largest absolute Gasteiger partial charge is 0.492 e. The van der Waals surface area contributed by atoms with Gasteiger partial charge < -0.3 is 10.1 Å². The molecule has 0 aliphatic carbocycles. The molecule has 110 valence electrons. The maximum Gasteiger partial charge on any atom is 0.133 e. The summed E-state index contributed by atoms with van der Waals surface area (Å²) in [5.41, 5.74) is 2.43. The van der Waals surface area contributed by atoms with Gasteiger partial charge >= 0.3 is 0 Å². The highest BCUT2D eigenvalue weighted by molar-refractivity contribution is 9.10. The standard InChI is InChI=1S/C18H20BrNO/c19-17-11-16(15-6-2-1-3-7-15)8-9-18(17)21-13-14-5-4-10-20-12-14/h1-3,6-9,11,14,20H,4-5,10,12-13H2/t14-/m1/s1. The van der Waals surface area contributed by atoms with Gasteiger partial charge in [0, 0.05) is 12.5 Å². The Kier molecular flexibility index (Phi) is 4.94. The second-order valence-electron chi connectivity index (χ2n) is 5.53. The van der Waals surface area contributed by atoms with E-state index in [0.717, 1.165) is 29.9 Å². The minimum absolute atomic E-state index is 0.624. The summed E-state index contributed by atoms with van der Waals surface area (Å²) in [6.07, 6.45) is 2.51. The number of hydrogen-bond donors (Lipinski definition) is 1. The van der Waals surface area contributed by atoms with Crippen LogP contribution in [0.1, 0.15) is 12.8 Å². The van der Waals surface area contributed by atoms with E-state index < -0.39 is 0 Å². The molecule has 1 atom stereocenters. The number of halogens is 1. The molecule has 2 aromatic rings. The van der Waals surface area contributed by atoms with E-state index in [1.807, 2.05) is 6.07 Å². The Labute approximate surface area is 134 Å². The number of benzene rings is 2. The van der Waals surface area contributed by atoms with Gasteiger partial charge in [-0.3, -0.25) is 0 Å². The maximum atomic E-state index is 5.98. The molecule has 0 saturated carbocycles. The molecule has 0 spiro atoms. The van der Waals surface area contributed by atoms with Crippen LogP contribution in [0, 0.1) is 5.92 Å². The summed E-state index contributed by atoms with van der Waals surface area (Å²) in [6.45, 7) is 3.00. The highest BCUT2D eigenvalue weighted by Crippen LogP contribution is 2.31. The van der Waals surface area contributed by atoms with E-state index in [4.69, 9.17) is 4.74 Å². The lowest BCUT2D eigenvalue weighted by atomic mass is 10.0. The Hall–Kier alpha value is -1.32. The van der Waals surface area contributed by atoms with Crippen molar-refractivity contribution in [1.82, 2.24) is 5.32 Å². The van der Waals surface area contributed by atoms with Crippen molar-refractivity contribution in [3.8, 4) is 16.9 Å². The van der Waals surface area contributed by atoms with Crippen molar-refractivity contribution >= 4 is 15.9 Å². The van der Waals surface area contributed by atoms with E-state index in [2.05, 4.69) is 63.7 Å². The fraction of sp³-hybridized carbons (Fsp3) is 0.333. The summed E-state index contributed by atoms with van der Waals surface area (Å²) in [4.78, 5) is 0. The lowest BCUT2D eigenvalue weighted by Crippen LogP contribution is -2.33. The van der Waals surface area contributed by atoms with Crippen molar-refractivity contribution in [1.29, 1.82) is 0 Å². The van der Waals surface area contributed by atoms with Gasteiger partial charge in [0.15, 0.2) is 0 Å². The third-order valence-corrected chi connectivity index (χ3v) is 4.53. The van der Waals surface area contributed by atoms with Crippen LogP contribution >= 0.6 is 15.9 Å². The number of piperidine rings is 1. The number of ether oxygens (including phenoxy) is 1. The summed E-state index contributed by atoms with van der Waals surface area (Å²) in [5.74, 6) is 1.56. The van der Waals surface area contributed by atoms with Gasteiger partial charge in [-0.05, 0) is 58.6 Å². The molecule has 2 aromatic carbocycles. The molecule has 21 heavy (non-hydrogen) atoms. The third kappa shape index (κ3) is 3.86. The van der Waals surface area contributed by atoms with Crippen LogP contribution < -0.4 is 10.1 Å². The smallest absolute Gasteiger partial charge is 0.133 e. The minimum Gasteiger partial charge on any atom is -0.492 e. The van der Waals surface area contributed by atoms with Crippen LogP contribution in [-0.4, -0.2) is 19.7 Å². The molecule has 0 amide bonds. The SMILES string of the molecule is Brc1cc(-c2ccccc2)ccc1OC[C@@H]1CCCNC1. The molecule has 3 rings (SSSR count). The molecule has 3 heteroatoms. The zero-order valence-electron chi connectivity index (χ0n) is 12.0. The van der Waals surface area contributed by atoms with Gasteiger partial charge in [-0.25, -0.2) is 0 Å². The molecule has 2 nitrogen and oxygen atoms in total. The molecule has 0 aromatic heterocycles. The van der Waals surface area contributed by atoms with Gasteiger partial charge in [-0.1, -0.05) is 36.4 Å². The van der Waals surface area contributed by atoms with Crippen LogP contribution in [0.5, 0.6) is 5.75 Å². The monoisotopic (exact) mass is 345 g/mol. The molecule has 1 fully saturated rings. The van der Waals surface area contributed by atoms with Crippen LogP contribution in [0.2, 0.25) is 0 Å². The normalized spacial score (nSPS) is 18.4. The van der Waals surface area contributed by atoms with Crippen molar-refractivity contribution in [3.63, 3.8) is 0 Å². The first-order valence-electron chi connectivity index (χ1n) is 7.51. The average Bonchev–Trinajstić information content (AvgIpc) is 2.55. The highest BCUT2D eigenvalue weighted by atomic mass is 79.9. The van der Waals surface area contributed by atoms with E-state index in [1.165, 1.54) is 24.0 Å². The summed E-state index contributed by atoms with van der Waals surface area (Å²) in [7, 11) is 0. The number of hydrogen-bond acceptors (Lipinski definition) is 2. The zero-order valence-corrected chi connectivity index (χ0v) is 13.6. The fourth-order valence-electron chi connectivity index (χ4n) is 2.70. The van der Waals surface area contributed by atoms with Crippen molar-refractivity contribution in [3.05, 3.63) is 53.0 Å². The first-order chi connectivity index (χ1) is 10.3. The van der Waals surface area contributed by atoms with Crippen molar-refractivity contribution in [2.24, 2.45) is 5.92 Å². The first kappa shape index (κ1) is 14.6. The minimum atomic E-state index is 0.624. The van der Waals surface area contributed by atoms with E-state index in [1.54, 1.807) is 0 Å². The lowest BCUT2D eigenvalue weighted by Gasteiger charge is -2.23. The summed E-state index contributed by atoms with van der Waals surface area (Å²) in [6, 6.07) is 16.7. The van der Waals surface area contributed by atoms with E-state index in [0.29, 0.717) is 5.92 Å². The molecular formula is C18H20BrNO. The van der Waals surface area contributed by atoms with Gasteiger partial charge in [-0.15, -0.1) is 0 Å². The Morgan fingerprint density at radius 2 is 1.95 bits per heavy atom. The molecule has 1 aliphatic heterocycles. The fourth-order valence-corrected chi connectivity index (χ4v) is 3.20. The molecule has 1 N–H and O–H groups in total. The van der Waals surface area contributed by atoms with E-state index in [9.17, 15) is 0 Å². The van der Waals surface area contributed by atoms with Crippen LogP contribution in [0.3, 0.4) is 0 Å². The van der Waals surface area contributed by atoms with Gasteiger partial charge in [0.05, 0.1) is 11.1 Å². The van der Waals surface area contributed by atoms with Crippen LogP contribution in [0.25, 0.3) is 11.1 Å². The second-order valence-corrected chi connectivity index (χ2v) is 6.39. The van der Waals surface area contributed by atoms with Gasteiger partial charge in [-0.2, -0.15) is 0 Å². The van der Waals surface area contributed by atoms with Crippen molar-refractivity contribution < 1.29 is 4.74 Å².